The third-order valence-corrected chi connectivity index (χ3v) is 7.71. The van der Waals surface area contributed by atoms with Gasteiger partial charge in [-0.05, 0) is 86.6 Å². The van der Waals surface area contributed by atoms with E-state index in [2.05, 4.69) is 23.1 Å². The van der Waals surface area contributed by atoms with E-state index < -0.39 is 5.60 Å². The molecule has 206 valence electrons. The molecule has 2 atom stereocenters. The van der Waals surface area contributed by atoms with Crippen molar-refractivity contribution in [3.05, 3.63) is 88.7 Å². The zero-order chi connectivity index (χ0) is 27.7. The summed E-state index contributed by atoms with van der Waals surface area (Å²) in [5, 5.41) is 10.1. The molecule has 1 N–H and O–H groups in total. The summed E-state index contributed by atoms with van der Waals surface area (Å²) in [6.07, 6.45) is 1.37. The Morgan fingerprint density at radius 3 is 2.41 bits per heavy atom. The summed E-state index contributed by atoms with van der Waals surface area (Å²) in [6, 6.07) is 18.7. The van der Waals surface area contributed by atoms with Crippen LogP contribution in [0, 0.1) is 5.82 Å². The van der Waals surface area contributed by atoms with Crippen LogP contribution in [0.4, 0.5) is 14.9 Å². The molecule has 1 aliphatic carbocycles. The average molecular weight is 533 g/mol. The lowest BCUT2D eigenvalue weighted by Gasteiger charge is -2.38. The van der Waals surface area contributed by atoms with Crippen molar-refractivity contribution in [2.24, 2.45) is 0 Å². The van der Waals surface area contributed by atoms with Crippen molar-refractivity contribution in [2.75, 3.05) is 38.2 Å². The van der Waals surface area contributed by atoms with Crippen LogP contribution >= 0.6 is 0 Å². The van der Waals surface area contributed by atoms with Crippen LogP contribution < -0.4 is 9.64 Å². The molecule has 5 rings (SSSR count). The molecule has 3 aromatic rings. The molecule has 7 heteroatoms. The molecule has 1 saturated heterocycles. The quantitative estimate of drug-likeness (QED) is 0.418. The van der Waals surface area contributed by atoms with Crippen LogP contribution in [0.2, 0.25) is 0 Å². The highest BCUT2D eigenvalue weighted by Gasteiger charge is 2.35. The molecule has 0 bridgehead atoms. The van der Waals surface area contributed by atoms with E-state index in [0.29, 0.717) is 26.2 Å². The first kappa shape index (κ1) is 26.9. The number of aryl methyl sites for hydroxylation is 1. The van der Waals surface area contributed by atoms with Crippen LogP contribution in [-0.2, 0) is 11.2 Å². The fraction of sp³-hybridized carbons (Fsp3) is 0.406. The predicted octanol–water partition coefficient (Wildman–Crippen LogP) is 6.46. The van der Waals surface area contributed by atoms with E-state index in [1.54, 1.807) is 30.2 Å². The summed E-state index contributed by atoms with van der Waals surface area (Å²) < 4.78 is 25.8. The summed E-state index contributed by atoms with van der Waals surface area (Å²) in [5.41, 5.74) is 4.75. The maximum absolute atomic E-state index is 14.3. The Morgan fingerprint density at radius 2 is 1.72 bits per heavy atom. The highest BCUT2D eigenvalue weighted by Crippen LogP contribution is 2.49. The van der Waals surface area contributed by atoms with Gasteiger partial charge in [-0.1, -0.05) is 24.3 Å². The number of anilines is 1. The van der Waals surface area contributed by atoms with E-state index in [1.165, 1.54) is 6.07 Å². The molecule has 6 nitrogen and oxygen atoms in total. The molecule has 0 unspecified atom stereocenters. The second-order valence-corrected chi connectivity index (χ2v) is 11.4. The lowest BCUT2D eigenvalue weighted by atomic mass is 9.69. The van der Waals surface area contributed by atoms with Crippen LogP contribution in [0.3, 0.4) is 0 Å². The number of nitrogens with zero attached hydrogens (tertiary/aromatic N) is 2. The number of carbonyl (C=O) groups excluding carboxylic acids is 1. The van der Waals surface area contributed by atoms with Gasteiger partial charge in [0.1, 0.15) is 22.9 Å². The van der Waals surface area contributed by atoms with E-state index in [1.807, 2.05) is 39.0 Å². The SMILES string of the molecule is COc1cc(N2CCN(C(=O)OC(C)(C)C)CC2)ccc1[C@H]1c2ccc(O)cc2CC[C@H]1c1cccc(F)c1. The van der Waals surface area contributed by atoms with Gasteiger partial charge >= 0.3 is 6.09 Å². The summed E-state index contributed by atoms with van der Waals surface area (Å²) in [7, 11) is 1.68. The molecule has 2 aliphatic rings. The number of fused-ring (bicyclic) bond motifs is 1. The molecule has 1 aliphatic heterocycles. The molecule has 0 aromatic heterocycles. The van der Waals surface area contributed by atoms with E-state index in [0.717, 1.165) is 46.5 Å². The van der Waals surface area contributed by atoms with Gasteiger partial charge < -0.3 is 24.4 Å². The van der Waals surface area contributed by atoms with Gasteiger partial charge in [-0.25, -0.2) is 9.18 Å². The number of rotatable bonds is 4. The Labute approximate surface area is 230 Å². The molecule has 1 amide bonds. The summed E-state index contributed by atoms with van der Waals surface area (Å²) >= 11 is 0. The van der Waals surface area contributed by atoms with Crippen molar-refractivity contribution in [3.8, 4) is 11.5 Å². The first-order chi connectivity index (χ1) is 18.6. The van der Waals surface area contributed by atoms with Gasteiger partial charge in [0, 0.05) is 49.4 Å². The minimum absolute atomic E-state index is 0.0517. The lowest BCUT2D eigenvalue weighted by molar-refractivity contribution is 0.0240. The number of phenolic OH excluding ortho intramolecular Hbond substituents is 1. The second-order valence-electron chi connectivity index (χ2n) is 11.4. The number of aromatic hydroxyl groups is 1. The molecular weight excluding hydrogens is 495 g/mol. The Balaban J connectivity index is 1.44. The molecule has 39 heavy (non-hydrogen) atoms. The topological polar surface area (TPSA) is 62.2 Å². The van der Waals surface area contributed by atoms with Crippen molar-refractivity contribution in [1.29, 1.82) is 0 Å². The van der Waals surface area contributed by atoms with E-state index >= 15 is 0 Å². The summed E-state index contributed by atoms with van der Waals surface area (Å²) in [4.78, 5) is 16.5. The lowest BCUT2D eigenvalue weighted by Crippen LogP contribution is -2.50. The van der Waals surface area contributed by atoms with Gasteiger partial charge in [0.2, 0.25) is 0 Å². The van der Waals surface area contributed by atoms with Gasteiger partial charge in [-0.2, -0.15) is 0 Å². The number of methoxy groups -OCH3 is 1. The molecular formula is C32H37FN2O4. The van der Waals surface area contributed by atoms with Crippen molar-refractivity contribution < 1.29 is 23.8 Å². The number of carbonyl (C=O) groups is 1. The van der Waals surface area contributed by atoms with Crippen LogP contribution in [0.1, 0.15) is 61.3 Å². The summed E-state index contributed by atoms with van der Waals surface area (Å²) in [6.45, 7) is 8.18. The van der Waals surface area contributed by atoms with Crippen molar-refractivity contribution in [3.63, 3.8) is 0 Å². The van der Waals surface area contributed by atoms with Crippen LogP contribution in [0.15, 0.2) is 60.7 Å². The van der Waals surface area contributed by atoms with E-state index in [-0.39, 0.29) is 29.5 Å². The number of ether oxygens (including phenoxy) is 2. The number of piperazine rings is 1. The largest absolute Gasteiger partial charge is 0.508 e. The zero-order valence-corrected chi connectivity index (χ0v) is 23.1. The predicted molar refractivity (Wildman–Crippen MR) is 150 cm³/mol. The highest BCUT2D eigenvalue weighted by molar-refractivity contribution is 5.69. The number of benzene rings is 3. The number of amides is 1. The number of phenols is 1. The minimum Gasteiger partial charge on any atom is -0.508 e. The van der Waals surface area contributed by atoms with Crippen LogP contribution in [-0.4, -0.2) is 55.0 Å². The monoisotopic (exact) mass is 532 g/mol. The molecule has 1 fully saturated rings. The Morgan fingerprint density at radius 1 is 0.974 bits per heavy atom. The normalized spacial score (nSPS) is 19.4. The number of halogens is 1. The Hall–Kier alpha value is -3.74. The van der Waals surface area contributed by atoms with Crippen molar-refractivity contribution >= 4 is 11.8 Å². The third kappa shape index (κ3) is 5.82. The minimum atomic E-state index is -0.517. The first-order valence-corrected chi connectivity index (χ1v) is 13.6. The van der Waals surface area contributed by atoms with Crippen LogP contribution in [0.25, 0.3) is 0 Å². The van der Waals surface area contributed by atoms with Gasteiger partial charge in [0.05, 0.1) is 7.11 Å². The molecule has 1 heterocycles. The van der Waals surface area contributed by atoms with Gasteiger partial charge in [-0.15, -0.1) is 0 Å². The zero-order valence-electron chi connectivity index (χ0n) is 23.1. The fourth-order valence-electron chi connectivity index (χ4n) is 5.91. The van der Waals surface area contributed by atoms with Gasteiger partial charge in [0.25, 0.3) is 0 Å². The number of hydrogen-bond acceptors (Lipinski definition) is 5. The smallest absolute Gasteiger partial charge is 0.410 e. The maximum Gasteiger partial charge on any atom is 0.410 e. The van der Waals surface area contributed by atoms with Crippen molar-refractivity contribution in [1.82, 2.24) is 4.90 Å². The fourth-order valence-corrected chi connectivity index (χ4v) is 5.91. The first-order valence-electron chi connectivity index (χ1n) is 13.6. The molecule has 3 aromatic carbocycles. The van der Waals surface area contributed by atoms with Gasteiger partial charge in [-0.3, -0.25) is 0 Å². The van der Waals surface area contributed by atoms with Crippen molar-refractivity contribution in [2.45, 2.75) is 51.0 Å². The molecule has 0 saturated carbocycles. The van der Waals surface area contributed by atoms with Gasteiger partial charge in [0.15, 0.2) is 0 Å². The average Bonchev–Trinajstić information content (AvgIpc) is 2.91. The second kappa shape index (κ2) is 10.8. The maximum atomic E-state index is 14.3. The molecule has 0 spiro atoms. The van der Waals surface area contributed by atoms with E-state index in [9.17, 15) is 14.3 Å². The highest BCUT2D eigenvalue weighted by atomic mass is 19.1. The Kier molecular flexibility index (Phi) is 7.43. The number of hydrogen-bond donors (Lipinski definition) is 1. The van der Waals surface area contributed by atoms with Crippen LogP contribution in [0.5, 0.6) is 11.5 Å². The summed E-state index contributed by atoms with van der Waals surface area (Å²) in [5.74, 6) is 0.800. The molecule has 0 radical (unpaired) electrons. The Bertz CT molecular complexity index is 1340. The third-order valence-electron chi connectivity index (χ3n) is 7.71. The van der Waals surface area contributed by atoms with E-state index in [4.69, 9.17) is 9.47 Å². The standard InChI is InChI=1S/C32H37FN2O4/c1-32(2,3)39-31(37)35-16-14-34(15-17-35)24-9-12-28(29(20-24)38-4)30-26(21-6-5-7-23(33)18-21)11-8-22-19-25(36)10-13-27(22)30/h5-7,9-10,12-13,18-20,26,30,36H,8,11,14-17H2,1-4H3/t26-,30+/m0/s1.